The number of anilines is 2. The molecule has 0 saturated heterocycles. The molecule has 142 valence electrons. The molecule has 27 heavy (non-hydrogen) atoms. The van der Waals surface area contributed by atoms with Crippen LogP contribution in [0.4, 0.5) is 11.4 Å². The van der Waals surface area contributed by atoms with Crippen LogP contribution in [0.2, 0.25) is 5.02 Å². The first-order valence-electron chi connectivity index (χ1n) is 8.40. The number of carbonyl (C=O) groups is 3. The van der Waals surface area contributed by atoms with Crippen molar-refractivity contribution in [1.29, 1.82) is 0 Å². The number of esters is 1. The zero-order valence-electron chi connectivity index (χ0n) is 15.4. The molecular formula is C20H21ClN2O4. The number of methoxy groups -OCH3 is 1. The van der Waals surface area contributed by atoms with Crippen LogP contribution in [0.25, 0.3) is 0 Å². The van der Waals surface area contributed by atoms with Gasteiger partial charge in [-0.25, -0.2) is 4.79 Å². The van der Waals surface area contributed by atoms with E-state index in [1.807, 2.05) is 19.1 Å². The quantitative estimate of drug-likeness (QED) is 0.766. The maximum atomic E-state index is 12.4. The number of aryl methyl sites for hydroxylation is 1. The molecule has 0 aromatic heterocycles. The van der Waals surface area contributed by atoms with Crippen molar-refractivity contribution in [2.75, 3.05) is 23.9 Å². The zero-order valence-corrected chi connectivity index (χ0v) is 16.2. The van der Waals surface area contributed by atoms with Crippen molar-refractivity contribution in [1.82, 2.24) is 0 Å². The number of hydrogen-bond acceptors (Lipinski definition) is 4. The van der Waals surface area contributed by atoms with Gasteiger partial charge < -0.3 is 15.0 Å². The van der Waals surface area contributed by atoms with Gasteiger partial charge in [-0.1, -0.05) is 30.7 Å². The van der Waals surface area contributed by atoms with E-state index in [-0.39, 0.29) is 34.6 Å². The van der Waals surface area contributed by atoms with E-state index in [0.717, 1.165) is 12.0 Å². The fourth-order valence-electron chi connectivity index (χ4n) is 2.50. The summed E-state index contributed by atoms with van der Waals surface area (Å²) >= 11 is 6.18. The van der Waals surface area contributed by atoms with E-state index < -0.39 is 5.97 Å². The minimum atomic E-state index is -0.558. The molecule has 2 aromatic rings. The standard InChI is InChI=1S/C20H21ClN2O4/c1-4-14-5-8-16(9-6-14)22-19(25)12-23(13(2)24)18-11-15(20(26)27-3)7-10-17(18)21/h5-11H,4,12H2,1-3H3,(H,22,25). The summed E-state index contributed by atoms with van der Waals surface area (Å²) in [5.41, 5.74) is 2.29. The number of nitrogens with zero attached hydrogens (tertiary/aromatic N) is 1. The molecule has 0 aliphatic heterocycles. The Bertz CT molecular complexity index is 850. The van der Waals surface area contributed by atoms with Gasteiger partial charge in [-0.15, -0.1) is 0 Å². The van der Waals surface area contributed by atoms with Crippen LogP contribution in [0.1, 0.15) is 29.8 Å². The second-order valence-corrected chi connectivity index (χ2v) is 6.27. The van der Waals surface area contributed by atoms with Crippen LogP contribution >= 0.6 is 11.6 Å². The van der Waals surface area contributed by atoms with Crippen molar-refractivity contribution in [3.05, 3.63) is 58.6 Å². The van der Waals surface area contributed by atoms with Crippen molar-refractivity contribution in [2.45, 2.75) is 20.3 Å². The molecule has 7 heteroatoms. The summed E-state index contributed by atoms with van der Waals surface area (Å²) < 4.78 is 4.69. The first kappa shape index (κ1) is 20.5. The Balaban J connectivity index is 2.20. The van der Waals surface area contributed by atoms with Gasteiger partial charge in [0.25, 0.3) is 0 Å². The summed E-state index contributed by atoms with van der Waals surface area (Å²) in [4.78, 5) is 37.4. The second kappa shape index (κ2) is 9.19. The normalized spacial score (nSPS) is 10.2. The Hall–Kier alpha value is -2.86. The number of amides is 2. The van der Waals surface area contributed by atoms with E-state index in [1.165, 1.54) is 37.1 Å². The van der Waals surface area contributed by atoms with Gasteiger partial charge in [0.15, 0.2) is 0 Å². The van der Waals surface area contributed by atoms with Crippen LogP contribution in [0.5, 0.6) is 0 Å². The van der Waals surface area contributed by atoms with Crippen LogP contribution in [0, 0.1) is 0 Å². The van der Waals surface area contributed by atoms with Gasteiger partial charge in [0.2, 0.25) is 11.8 Å². The summed E-state index contributed by atoms with van der Waals surface area (Å²) in [6.07, 6.45) is 0.904. The van der Waals surface area contributed by atoms with Crippen molar-refractivity contribution in [3.63, 3.8) is 0 Å². The van der Waals surface area contributed by atoms with Crippen molar-refractivity contribution >= 4 is 40.8 Å². The molecular weight excluding hydrogens is 368 g/mol. The fourth-order valence-corrected chi connectivity index (χ4v) is 2.72. The maximum Gasteiger partial charge on any atom is 0.337 e. The molecule has 2 amide bonds. The highest BCUT2D eigenvalue weighted by Crippen LogP contribution is 2.27. The van der Waals surface area contributed by atoms with E-state index in [1.54, 1.807) is 12.1 Å². The minimum Gasteiger partial charge on any atom is -0.465 e. The predicted molar refractivity (Wildman–Crippen MR) is 105 cm³/mol. The topological polar surface area (TPSA) is 75.7 Å². The lowest BCUT2D eigenvalue weighted by atomic mass is 10.1. The Morgan fingerprint density at radius 2 is 1.78 bits per heavy atom. The average Bonchev–Trinajstić information content (AvgIpc) is 2.66. The third kappa shape index (κ3) is 5.31. The summed E-state index contributed by atoms with van der Waals surface area (Å²) in [6.45, 7) is 3.13. The molecule has 0 aliphatic carbocycles. The summed E-state index contributed by atoms with van der Waals surface area (Å²) in [5.74, 6) is -1.32. The van der Waals surface area contributed by atoms with Crippen molar-refractivity contribution < 1.29 is 19.1 Å². The van der Waals surface area contributed by atoms with E-state index in [9.17, 15) is 14.4 Å². The summed E-state index contributed by atoms with van der Waals surface area (Å²) in [7, 11) is 1.26. The smallest absolute Gasteiger partial charge is 0.337 e. The number of ether oxygens (including phenoxy) is 1. The van der Waals surface area contributed by atoms with Gasteiger partial charge in [-0.2, -0.15) is 0 Å². The van der Waals surface area contributed by atoms with Gasteiger partial charge in [0.05, 0.1) is 23.4 Å². The van der Waals surface area contributed by atoms with Crippen molar-refractivity contribution in [3.8, 4) is 0 Å². The Kier molecular flexibility index (Phi) is 6.96. The third-order valence-corrected chi connectivity index (χ3v) is 4.31. The molecule has 0 aliphatic rings. The van der Waals surface area contributed by atoms with E-state index in [0.29, 0.717) is 5.69 Å². The molecule has 2 rings (SSSR count). The lowest BCUT2D eigenvalue weighted by Gasteiger charge is -2.22. The molecule has 0 atom stereocenters. The highest BCUT2D eigenvalue weighted by molar-refractivity contribution is 6.34. The number of benzene rings is 2. The van der Waals surface area contributed by atoms with Crippen LogP contribution in [-0.4, -0.2) is 31.4 Å². The maximum absolute atomic E-state index is 12.4. The summed E-state index contributed by atoms with van der Waals surface area (Å²) in [6, 6.07) is 11.9. The molecule has 1 N–H and O–H groups in total. The number of nitrogens with one attached hydrogen (secondary N) is 1. The van der Waals surface area contributed by atoms with Crippen molar-refractivity contribution in [2.24, 2.45) is 0 Å². The number of halogens is 1. The fraction of sp³-hybridized carbons (Fsp3) is 0.250. The monoisotopic (exact) mass is 388 g/mol. The lowest BCUT2D eigenvalue weighted by molar-refractivity contribution is -0.120. The SMILES string of the molecule is CCc1ccc(NC(=O)CN(C(C)=O)c2cc(C(=O)OC)ccc2Cl)cc1. The van der Waals surface area contributed by atoms with E-state index in [4.69, 9.17) is 11.6 Å². The van der Waals surface area contributed by atoms with Crippen LogP contribution in [0.3, 0.4) is 0 Å². The van der Waals surface area contributed by atoms with Crippen LogP contribution in [0.15, 0.2) is 42.5 Å². The molecule has 6 nitrogen and oxygen atoms in total. The largest absolute Gasteiger partial charge is 0.465 e. The van der Waals surface area contributed by atoms with Crippen LogP contribution < -0.4 is 10.2 Å². The second-order valence-electron chi connectivity index (χ2n) is 5.86. The molecule has 2 aromatic carbocycles. The van der Waals surface area contributed by atoms with Crippen LogP contribution in [-0.2, 0) is 20.7 Å². The first-order chi connectivity index (χ1) is 12.8. The Morgan fingerprint density at radius 3 is 2.33 bits per heavy atom. The van der Waals surface area contributed by atoms with Gasteiger partial charge in [0.1, 0.15) is 6.54 Å². The molecule has 0 radical (unpaired) electrons. The molecule has 0 heterocycles. The Labute approximate surface area is 163 Å². The van der Waals surface area contributed by atoms with Gasteiger partial charge in [-0.3, -0.25) is 9.59 Å². The third-order valence-electron chi connectivity index (χ3n) is 3.99. The molecule has 0 spiro atoms. The van der Waals surface area contributed by atoms with Gasteiger partial charge >= 0.3 is 5.97 Å². The van der Waals surface area contributed by atoms with E-state index >= 15 is 0 Å². The zero-order chi connectivity index (χ0) is 20.0. The molecule has 0 bridgehead atoms. The number of carbonyl (C=O) groups excluding carboxylic acids is 3. The highest BCUT2D eigenvalue weighted by atomic mass is 35.5. The average molecular weight is 389 g/mol. The summed E-state index contributed by atoms with van der Waals surface area (Å²) in [5, 5.41) is 3.00. The Morgan fingerprint density at radius 1 is 1.11 bits per heavy atom. The van der Waals surface area contributed by atoms with Gasteiger partial charge in [-0.05, 0) is 42.3 Å². The molecule has 0 saturated carbocycles. The predicted octanol–water partition coefficient (Wildman–Crippen LogP) is 3.68. The minimum absolute atomic E-state index is 0.235. The molecule has 0 fully saturated rings. The lowest BCUT2D eigenvalue weighted by Crippen LogP contribution is -2.37. The van der Waals surface area contributed by atoms with Gasteiger partial charge in [0, 0.05) is 12.6 Å². The highest BCUT2D eigenvalue weighted by Gasteiger charge is 2.20. The number of hydrogen-bond donors (Lipinski definition) is 1. The number of rotatable bonds is 6. The first-order valence-corrected chi connectivity index (χ1v) is 8.78. The molecule has 0 unspecified atom stereocenters. The van der Waals surface area contributed by atoms with E-state index in [2.05, 4.69) is 10.1 Å².